The predicted molar refractivity (Wildman–Crippen MR) is 78.2 cm³/mol. The van der Waals surface area contributed by atoms with Gasteiger partial charge in [0, 0.05) is 0 Å². The van der Waals surface area contributed by atoms with Crippen molar-refractivity contribution in [2.24, 2.45) is 9.98 Å². The minimum absolute atomic E-state index is 0.123. The molecule has 0 N–H and O–H groups in total. The fourth-order valence-electron chi connectivity index (χ4n) is 2.24. The van der Waals surface area contributed by atoms with Gasteiger partial charge in [0.05, 0.1) is 12.6 Å². The third kappa shape index (κ3) is 4.93. The zero-order valence-electron chi connectivity index (χ0n) is 12.1. The Morgan fingerprint density at radius 2 is 1.90 bits per heavy atom. The van der Waals surface area contributed by atoms with Crippen molar-refractivity contribution in [3.8, 4) is 0 Å². The maximum absolute atomic E-state index is 10.6. The first kappa shape index (κ1) is 16.0. The van der Waals surface area contributed by atoms with Gasteiger partial charge in [-0.15, -0.1) is 0 Å². The first-order valence-corrected chi connectivity index (χ1v) is 6.87. The van der Waals surface area contributed by atoms with Crippen LogP contribution in [0.1, 0.15) is 48.4 Å². The van der Waals surface area contributed by atoms with Gasteiger partial charge in [0.15, 0.2) is 0 Å². The van der Waals surface area contributed by atoms with Crippen molar-refractivity contribution in [2.75, 3.05) is 6.54 Å². The molecule has 4 nitrogen and oxygen atoms in total. The minimum Gasteiger partial charge on any atom is -0.211 e. The van der Waals surface area contributed by atoms with E-state index in [0.717, 1.165) is 31.2 Å². The number of nitrogens with zero attached hydrogens (tertiary/aromatic N) is 2. The SMILES string of the molecule is Cc1cccc(C(CCCCCN=C=O)N=C=O)c1C. The quantitative estimate of drug-likeness (QED) is 0.412. The Balaban J connectivity index is 2.63. The van der Waals surface area contributed by atoms with Crippen LogP contribution < -0.4 is 0 Å². The van der Waals surface area contributed by atoms with Crippen molar-refractivity contribution in [2.45, 2.75) is 45.6 Å². The topological polar surface area (TPSA) is 58.9 Å². The van der Waals surface area contributed by atoms with Crippen molar-refractivity contribution in [1.29, 1.82) is 0 Å². The molecule has 0 fully saturated rings. The van der Waals surface area contributed by atoms with Crippen LogP contribution >= 0.6 is 0 Å². The standard InChI is InChI=1S/C16H20N2O2/c1-13-7-6-8-15(14(13)2)16(18-12-20)9-4-3-5-10-17-11-19/h6-8,16H,3-5,9-10H2,1-2H3. The van der Waals surface area contributed by atoms with E-state index in [1.165, 1.54) is 17.2 Å². The summed E-state index contributed by atoms with van der Waals surface area (Å²) in [7, 11) is 0. The first-order valence-electron chi connectivity index (χ1n) is 6.87. The molecule has 20 heavy (non-hydrogen) atoms. The fraction of sp³-hybridized carbons (Fsp3) is 0.500. The van der Waals surface area contributed by atoms with E-state index in [9.17, 15) is 9.59 Å². The first-order chi connectivity index (χ1) is 9.70. The van der Waals surface area contributed by atoms with Crippen LogP contribution in [-0.2, 0) is 9.59 Å². The lowest BCUT2D eigenvalue weighted by atomic mass is 9.94. The molecule has 0 amide bonds. The molecular formula is C16H20N2O2. The summed E-state index contributed by atoms with van der Waals surface area (Å²) in [4.78, 5) is 28.0. The van der Waals surface area contributed by atoms with Crippen LogP contribution in [0.25, 0.3) is 0 Å². The lowest BCUT2D eigenvalue weighted by molar-refractivity contribution is 0.539. The van der Waals surface area contributed by atoms with Crippen LogP contribution in [0.2, 0.25) is 0 Å². The van der Waals surface area contributed by atoms with Crippen molar-refractivity contribution in [3.05, 3.63) is 34.9 Å². The number of carbonyl (C=O) groups excluding carboxylic acids is 2. The van der Waals surface area contributed by atoms with Crippen LogP contribution in [0, 0.1) is 13.8 Å². The summed E-state index contributed by atoms with van der Waals surface area (Å²) >= 11 is 0. The Kier molecular flexibility index (Phi) is 7.20. The summed E-state index contributed by atoms with van der Waals surface area (Å²) in [6.07, 6.45) is 6.78. The number of unbranched alkanes of at least 4 members (excludes halogenated alkanes) is 2. The zero-order chi connectivity index (χ0) is 14.8. The van der Waals surface area contributed by atoms with Crippen molar-refractivity contribution in [1.82, 2.24) is 0 Å². The van der Waals surface area contributed by atoms with Crippen molar-refractivity contribution < 1.29 is 9.59 Å². The summed E-state index contributed by atoms with van der Waals surface area (Å²) in [6.45, 7) is 4.63. The van der Waals surface area contributed by atoms with Gasteiger partial charge in [-0.3, -0.25) is 0 Å². The molecule has 0 bridgehead atoms. The minimum atomic E-state index is -0.123. The molecule has 1 aromatic rings. The van der Waals surface area contributed by atoms with Crippen LogP contribution in [0.15, 0.2) is 28.2 Å². The Labute approximate surface area is 119 Å². The molecule has 0 saturated carbocycles. The van der Waals surface area contributed by atoms with Crippen LogP contribution in [0.3, 0.4) is 0 Å². The van der Waals surface area contributed by atoms with E-state index in [0.29, 0.717) is 6.54 Å². The number of hydrogen-bond donors (Lipinski definition) is 0. The molecule has 1 aromatic carbocycles. The molecular weight excluding hydrogens is 252 g/mol. The number of isocyanates is 2. The van der Waals surface area contributed by atoms with Crippen molar-refractivity contribution >= 4 is 12.2 Å². The molecule has 0 heterocycles. The number of benzene rings is 1. The van der Waals surface area contributed by atoms with Gasteiger partial charge in [-0.2, -0.15) is 4.99 Å². The highest BCUT2D eigenvalue weighted by Crippen LogP contribution is 2.27. The summed E-state index contributed by atoms with van der Waals surface area (Å²) in [6, 6.07) is 5.94. The van der Waals surface area contributed by atoms with Crippen LogP contribution in [0.5, 0.6) is 0 Å². The van der Waals surface area contributed by atoms with E-state index in [4.69, 9.17) is 0 Å². The van der Waals surface area contributed by atoms with Crippen LogP contribution in [0.4, 0.5) is 0 Å². The highest BCUT2D eigenvalue weighted by molar-refractivity contribution is 5.39. The number of aryl methyl sites for hydroxylation is 1. The van der Waals surface area contributed by atoms with Gasteiger partial charge in [-0.05, 0) is 43.4 Å². The van der Waals surface area contributed by atoms with Gasteiger partial charge in [0.1, 0.15) is 0 Å². The Morgan fingerprint density at radius 3 is 2.60 bits per heavy atom. The summed E-state index contributed by atoms with van der Waals surface area (Å²) < 4.78 is 0. The van der Waals surface area contributed by atoms with Gasteiger partial charge in [0.2, 0.25) is 12.2 Å². The van der Waals surface area contributed by atoms with E-state index < -0.39 is 0 Å². The van der Waals surface area contributed by atoms with Gasteiger partial charge < -0.3 is 0 Å². The highest BCUT2D eigenvalue weighted by Gasteiger charge is 2.13. The maximum Gasteiger partial charge on any atom is 0.235 e. The lowest BCUT2D eigenvalue weighted by Gasteiger charge is -2.15. The molecule has 0 spiro atoms. The largest absolute Gasteiger partial charge is 0.235 e. The van der Waals surface area contributed by atoms with E-state index >= 15 is 0 Å². The second kappa shape index (κ2) is 8.98. The monoisotopic (exact) mass is 272 g/mol. The van der Waals surface area contributed by atoms with Gasteiger partial charge in [-0.25, -0.2) is 14.6 Å². The summed E-state index contributed by atoms with van der Waals surface area (Å²) in [5.41, 5.74) is 3.48. The van der Waals surface area contributed by atoms with E-state index in [1.54, 1.807) is 6.08 Å². The van der Waals surface area contributed by atoms with Gasteiger partial charge >= 0.3 is 0 Å². The highest BCUT2D eigenvalue weighted by atomic mass is 16.1. The molecule has 0 aromatic heterocycles. The maximum atomic E-state index is 10.6. The zero-order valence-corrected chi connectivity index (χ0v) is 12.1. The summed E-state index contributed by atoms with van der Waals surface area (Å²) in [5, 5.41) is 0. The molecule has 1 rings (SSSR count). The van der Waals surface area contributed by atoms with Gasteiger partial charge in [-0.1, -0.05) is 31.0 Å². The molecule has 0 aliphatic rings. The molecule has 0 aliphatic carbocycles. The Morgan fingerprint density at radius 1 is 1.10 bits per heavy atom. The number of aliphatic imine (C=N–C) groups is 2. The number of hydrogen-bond acceptors (Lipinski definition) is 4. The molecule has 1 unspecified atom stereocenters. The Bertz CT molecular complexity index is 527. The second-order valence-electron chi connectivity index (χ2n) is 4.85. The fourth-order valence-corrected chi connectivity index (χ4v) is 2.24. The molecule has 0 radical (unpaired) electrons. The summed E-state index contributed by atoms with van der Waals surface area (Å²) in [5.74, 6) is 0. The van der Waals surface area contributed by atoms with Crippen LogP contribution in [-0.4, -0.2) is 18.7 Å². The lowest BCUT2D eigenvalue weighted by Crippen LogP contribution is -2.00. The van der Waals surface area contributed by atoms with E-state index in [2.05, 4.69) is 29.9 Å². The third-order valence-electron chi connectivity index (χ3n) is 3.53. The number of rotatable bonds is 8. The van der Waals surface area contributed by atoms with E-state index in [1.807, 2.05) is 12.1 Å². The van der Waals surface area contributed by atoms with E-state index in [-0.39, 0.29) is 6.04 Å². The normalized spacial score (nSPS) is 11.3. The third-order valence-corrected chi connectivity index (χ3v) is 3.53. The Hall–Kier alpha value is -2.02. The molecule has 1 atom stereocenters. The van der Waals surface area contributed by atoms with Gasteiger partial charge in [0.25, 0.3) is 0 Å². The molecule has 106 valence electrons. The molecule has 0 saturated heterocycles. The predicted octanol–water partition coefficient (Wildman–Crippen LogP) is 3.58. The average molecular weight is 272 g/mol. The van der Waals surface area contributed by atoms with Crippen molar-refractivity contribution in [3.63, 3.8) is 0 Å². The molecule has 0 aliphatic heterocycles. The second-order valence-corrected chi connectivity index (χ2v) is 4.85. The average Bonchev–Trinajstić information content (AvgIpc) is 2.45. The molecule has 4 heteroatoms. The smallest absolute Gasteiger partial charge is 0.211 e.